The molecule has 0 unspecified atom stereocenters. The summed E-state index contributed by atoms with van der Waals surface area (Å²) in [5, 5.41) is 0. The normalized spacial score (nSPS) is 14.2. The first-order valence-corrected chi connectivity index (χ1v) is 7.27. The molecule has 2 aromatic carbocycles. The molecule has 5 heteroatoms. The standard InChI is InChI=1S/C17H16O5/c1-2-18-14-8-17-16(21-10-22-17)7-12(14)5-11-3-4-13-15(6-11)20-9-19-13/h3-4,6-8H,2,5,9-10H2,1H3. The molecule has 0 atom stereocenters. The van der Waals surface area contributed by atoms with E-state index in [4.69, 9.17) is 23.7 Å². The highest BCUT2D eigenvalue weighted by Gasteiger charge is 2.19. The second kappa shape index (κ2) is 5.33. The van der Waals surface area contributed by atoms with Gasteiger partial charge in [0.15, 0.2) is 23.0 Å². The van der Waals surface area contributed by atoms with Gasteiger partial charge in [0.2, 0.25) is 13.6 Å². The molecule has 0 bridgehead atoms. The molecule has 0 aromatic heterocycles. The van der Waals surface area contributed by atoms with E-state index >= 15 is 0 Å². The molecule has 2 aliphatic rings. The fourth-order valence-electron chi connectivity index (χ4n) is 2.66. The minimum Gasteiger partial charge on any atom is -0.493 e. The van der Waals surface area contributed by atoms with Crippen molar-refractivity contribution in [1.29, 1.82) is 0 Å². The fourth-order valence-corrected chi connectivity index (χ4v) is 2.66. The van der Waals surface area contributed by atoms with Gasteiger partial charge in [-0.1, -0.05) is 6.07 Å². The third-order valence-corrected chi connectivity index (χ3v) is 3.69. The molecule has 2 heterocycles. The van der Waals surface area contributed by atoms with Crippen LogP contribution in [0.25, 0.3) is 0 Å². The highest BCUT2D eigenvalue weighted by Crippen LogP contribution is 2.40. The highest BCUT2D eigenvalue weighted by atomic mass is 16.7. The van der Waals surface area contributed by atoms with Crippen LogP contribution in [0.4, 0.5) is 0 Å². The minimum atomic E-state index is 0.258. The fraction of sp³-hybridized carbons (Fsp3) is 0.294. The van der Waals surface area contributed by atoms with E-state index in [1.54, 1.807) is 0 Å². The Hall–Kier alpha value is -2.56. The Bertz CT molecular complexity index is 710. The van der Waals surface area contributed by atoms with Gasteiger partial charge < -0.3 is 23.7 Å². The quantitative estimate of drug-likeness (QED) is 0.868. The maximum absolute atomic E-state index is 5.74. The molecule has 2 aromatic rings. The van der Waals surface area contributed by atoms with E-state index in [9.17, 15) is 0 Å². The van der Waals surface area contributed by atoms with Crippen molar-refractivity contribution < 1.29 is 23.7 Å². The van der Waals surface area contributed by atoms with Crippen LogP contribution in [0, 0.1) is 0 Å². The topological polar surface area (TPSA) is 46.2 Å². The Labute approximate surface area is 128 Å². The zero-order valence-corrected chi connectivity index (χ0v) is 12.3. The van der Waals surface area contributed by atoms with Gasteiger partial charge in [0.1, 0.15) is 5.75 Å². The lowest BCUT2D eigenvalue weighted by Crippen LogP contribution is -1.98. The highest BCUT2D eigenvalue weighted by molar-refractivity contribution is 5.54. The second-order valence-corrected chi connectivity index (χ2v) is 5.11. The average molecular weight is 300 g/mol. The predicted octanol–water partition coefficient (Wildman–Crippen LogP) is 3.13. The first-order chi connectivity index (χ1) is 10.8. The first-order valence-electron chi connectivity index (χ1n) is 7.27. The van der Waals surface area contributed by atoms with Crippen molar-refractivity contribution in [3.05, 3.63) is 41.5 Å². The summed E-state index contributed by atoms with van der Waals surface area (Å²) >= 11 is 0. The molecule has 0 fully saturated rings. The first kappa shape index (κ1) is 13.1. The summed E-state index contributed by atoms with van der Waals surface area (Å²) in [6.07, 6.45) is 0.725. The van der Waals surface area contributed by atoms with E-state index in [0.29, 0.717) is 6.61 Å². The number of hydrogen-bond donors (Lipinski definition) is 0. The number of hydrogen-bond acceptors (Lipinski definition) is 5. The lowest BCUT2D eigenvalue weighted by Gasteiger charge is -2.12. The number of rotatable bonds is 4. The summed E-state index contributed by atoms with van der Waals surface area (Å²) in [4.78, 5) is 0. The van der Waals surface area contributed by atoms with Crippen LogP contribution in [0.1, 0.15) is 18.1 Å². The van der Waals surface area contributed by atoms with E-state index in [-0.39, 0.29) is 13.6 Å². The van der Waals surface area contributed by atoms with Crippen molar-refractivity contribution in [3.8, 4) is 28.7 Å². The average Bonchev–Trinajstić information content (AvgIpc) is 3.15. The van der Waals surface area contributed by atoms with Crippen LogP contribution >= 0.6 is 0 Å². The van der Waals surface area contributed by atoms with Gasteiger partial charge in [-0.25, -0.2) is 0 Å². The van der Waals surface area contributed by atoms with Gasteiger partial charge in [-0.15, -0.1) is 0 Å². The SMILES string of the molecule is CCOc1cc2c(cc1Cc1ccc3c(c1)OCO3)OCO2. The molecule has 2 aliphatic heterocycles. The largest absolute Gasteiger partial charge is 0.493 e. The summed E-state index contributed by atoms with van der Waals surface area (Å²) in [7, 11) is 0. The van der Waals surface area contributed by atoms with Crippen LogP contribution in [-0.2, 0) is 6.42 Å². The zero-order valence-electron chi connectivity index (χ0n) is 12.3. The third kappa shape index (κ3) is 2.28. The predicted molar refractivity (Wildman–Crippen MR) is 79.1 cm³/mol. The monoisotopic (exact) mass is 300 g/mol. The Balaban J connectivity index is 1.67. The molecule has 0 spiro atoms. The van der Waals surface area contributed by atoms with Crippen molar-refractivity contribution in [2.75, 3.05) is 20.2 Å². The van der Waals surface area contributed by atoms with Crippen molar-refractivity contribution in [3.63, 3.8) is 0 Å². The van der Waals surface area contributed by atoms with Crippen LogP contribution in [-0.4, -0.2) is 20.2 Å². The van der Waals surface area contributed by atoms with Crippen LogP contribution in [0.15, 0.2) is 30.3 Å². The van der Waals surface area contributed by atoms with Gasteiger partial charge in [-0.3, -0.25) is 0 Å². The third-order valence-electron chi connectivity index (χ3n) is 3.69. The van der Waals surface area contributed by atoms with E-state index < -0.39 is 0 Å². The van der Waals surface area contributed by atoms with Crippen molar-refractivity contribution >= 4 is 0 Å². The Kier molecular flexibility index (Phi) is 3.18. The molecular formula is C17H16O5. The zero-order chi connectivity index (χ0) is 14.9. The molecule has 5 nitrogen and oxygen atoms in total. The molecule has 0 saturated carbocycles. The second-order valence-electron chi connectivity index (χ2n) is 5.11. The molecule has 114 valence electrons. The molecule has 0 saturated heterocycles. The van der Waals surface area contributed by atoms with Gasteiger partial charge in [0, 0.05) is 18.1 Å². The summed E-state index contributed by atoms with van der Waals surface area (Å²) in [6, 6.07) is 9.85. The number of ether oxygens (including phenoxy) is 5. The van der Waals surface area contributed by atoms with Gasteiger partial charge in [0.05, 0.1) is 6.61 Å². The van der Waals surface area contributed by atoms with Crippen LogP contribution in [0.2, 0.25) is 0 Å². The van der Waals surface area contributed by atoms with Crippen molar-refractivity contribution in [2.45, 2.75) is 13.3 Å². The van der Waals surface area contributed by atoms with E-state index in [1.165, 1.54) is 0 Å². The smallest absolute Gasteiger partial charge is 0.231 e. The Morgan fingerprint density at radius 3 is 2.32 bits per heavy atom. The summed E-state index contributed by atoms with van der Waals surface area (Å²) < 4.78 is 27.4. The molecule has 0 amide bonds. The van der Waals surface area contributed by atoms with Crippen molar-refractivity contribution in [1.82, 2.24) is 0 Å². The van der Waals surface area contributed by atoms with Crippen LogP contribution < -0.4 is 23.7 Å². The molecular weight excluding hydrogens is 284 g/mol. The summed E-state index contributed by atoms with van der Waals surface area (Å²) in [5.41, 5.74) is 2.19. The van der Waals surface area contributed by atoms with E-state index in [0.717, 1.165) is 46.3 Å². The summed E-state index contributed by atoms with van der Waals surface area (Å²) in [6.45, 7) is 3.12. The van der Waals surface area contributed by atoms with Gasteiger partial charge in [-0.05, 0) is 30.7 Å². The van der Waals surface area contributed by atoms with E-state index in [1.807, 2.05) is 37.3 Å². The maximum Gasteiger partial charge on any atom is 0.231 e. The molecule has 0 N–H and O–H groups in total. The van der Waals surface area contributed by atoms with Crippen molar-refractivity contribution in [2.24, 2.45) is 0 Å². The summed E-state index contributed by atoms with van der Waals surface area (Å²) in [5.74, 6) is 3.90. The maximum atomic E-state index is 5.74. The molecule has 22 heavy (non-hydrogen) atoms. The number of benzene rings is 2. The Morgan fingerprint density at radius 1 is 0.864 bits per heavy atom. The van der Waals surface area contributed by atoms with Gasteiger partial charge in [-0.2, -0.15) is 0 Å². The lowest BCUT2D eigenvalue weighted by atomic mass is 10.0. The van der Waals surface area contributed by atoms with Crippen LogP contribution in [0.5, 0.6) is 28.7 Å². The Morgan fingerprint density at radius 2 is 1.55 bits per heavy atom. The van der Waals surface area contributed by atoms with Gasteiger partial charge in [0.25, 0.3) is 0 Å². The molecule has 0 radical (unpaired) electrons. The molecule has 4 rings (SSSR count). The minimum absolute atomic E-state index is 0.258. The van der Waals surface area contributed by atoms with Gasteiger partial charge >= 0.3 is 0 Å². The van der Waals surface area contributed by atoms with Crippen LogP contribution in [0.3, 0.4) is 0 Å². The number of fused-ring (bicyclic) bond motifs is 2. The lowest BCUT2D eigenvalue weighted by molar-refractivity contribution is 0.173. The van der Waals surface area contributed by atoms with E-state index in [2.05, 4.69) is 0 Å². The molecule has 0 aliphatic carbocycles.